The van der Waals surface area contributed by atoms with Crippen molar-refractivity contribution < 1.29 is 4.79 Å². The third kappa shape index (κ3) is 2.78. The number of carbonyl (C=O) groups is 1. The Bertz CT molecular complexity index is 739. The Hall–Kier alpha value is -0.270. The third-order valence-electron chi connectivity index (χ3n) is 2.50. The second-order valence-corrected chi connectivity index (χ2v) is 9.70. The van der Waals surface area contributed by atoms with E-state index in [1.807, 2.05) is 24.3 Å². The summed E-state index contributed by atoms with van der Waals surface area (Å²) in [6.45, 7) is 0. The van der Waals surface area contributed by atoms with Gasteiger partial charge in [-0.2, -0.15) is 0 Å². The van der Waals surface area contributed by atoms with E-state index in [4.69, 9.17) is 0 Å². The van der Waals surface area contributed by atoms with Crippen LogP contribution < -0.4 is 0 Å². The van der Waals surface area contributed by atoms with Crippen LogP contribution in [0.1, 0.15) is 10.4 Å². The van der Waals surface area contributed by atoms with E-state index >= 15 is 0 Å². The number of halogens is 2. The molecule has 0 unspecified atom stereocenters. The fourth-order valence-electron chi connectivity index (χ4n) is 1.69. The van der Waals surface area contributed by atoms with Gasteiger partial charge in [-0.25, -0.2) is 0 Å². The molecule has 0 atom stereocenters. The Morgan fingerprint density at radius 3 is 2.00 bits per heavy atom. The minimum Gasteiger partial charge on any atom is -0.298 e. The number of thiophene rings is 3. The molecule has 19 heavy (non-hydrogen) atoms. The first-order valence-corrected chi connectivity index (χ1v) is 9.31. The van der Waals surface area contributed by atoms with Crippen LogP contribution in [0.3, 0.4) is 0 Å². The fraction of sp³-hybridized carbons (Fsp3) is 0. The van der Waals surface area contributed by atoms with Gasteiger partial charge < -0.3 is 0 Å². The molecule has 1 nitrogen and oxygen atoms in total. The molecule has 0 N–H and O–H groups in total. The van der Waals surface area contributed by atoms with E-state index in [2.05, 4.69) is 37.9 Å². The predicted molar refractivity (Wildman–Crippen MR) is 91.7 cm³/mol. The summed E-state index contributed by atoms with van der Waals surface area (Å²) in [4.78, 5) is 15.7. The van der Waals surface area contributed by atoms with Crippen molar-refractivity contribution in [2.24, 2.45) is 0 Å². The molecule has 0 saturated heterocycles. The number of hydrogen-bond acceptors (Lipinski definition) is 4. The van der Waals surface area contributed by atoms with Gasteiger partial charge in [0, 0.05) is 20.2 Å². The third-order valence-corrected chi connectivity index (χ3v) is 7.27. The molecule has 3 heterocycles. The quantitative estimate of drug-likeness (QED) is 0.428. The van der Waals surface area contributed by atoms with Gasteiger partial charge >= 0.3 is 0 Å². The van der Waals surface area contributed by atoms with Gasteiger partial charge in [-0.1, -0.05) is 0 Å². The number of hydrogen-bond donors (Lipinski definition) is 0. The monoisotopic (exact) mass is 432 g/mol. The van der Waals surface area contributed by atoms with Crippen LogP contribution in [0, 0.1) is 0 Å². The zero-order valence-corrected chi connectivity index (χ0v) is 15.0. The minimum absolute atomic E-state index is 0.763. The highest BCUT2D eigenvalue weighted by atomic mass is 79.9. The summed E-state index contributed by atoms with van der Waals surface area (Å²) in [6, 6.07) is 10.1. The lowest BCUT2D eigenvalue weighted by atomic mass is 10.2. The molecular weight excluding hydrogens is 428 g/mol. The highest BCUT2D eigenvalue weighted by molar-refractivity contribution is 9.11. The Balaban J connectivity index is 2.10. The van der Waals surface area contributed by atoms with Gasteiger partial charge in [0.1, 0.15) is 0 Å². The molecule has 3 aromatic rings. The summed E-state index contributed by atoms with van der Waals surface area (Å²) in [5.74, 6) is 0. The van der Waals surface area contributed by atoms with Crippen LogP contribution in [0.5, 0.6) is 0 Å². The molecule has 3 aromatic heterocycles. The Kier molecular flexibility index (Phi) is 4.05. The van der Waals surface area contributed by atoms with Crippen LogP contribution in [0.25, 0.3) is 19.5 Å². The van der Waals surface area contributed by atoms with Gasteiger partial charge in [0.15, 0.2) is 6.29 Å². The van der Waals surface area contributed by atoms with Gasteiger partial charge in [0.25, 0.3) is 0 Å². The maximum absolute atomic E-state index is 11.3. The van der Waals surface area contributed by atoms with Crippen molar-refractivity contribution in [1.82, 2.24) is 0 Å². The fourth-order valence-corrected chi connectivity index (χ4v) is 5.80. The van der Waals surface area contributed by atoms with E-state index in [9.17, 15) is 4.79 Å². The Morgan fingerprint density at radius 2 is 1.47 bits per heavy atom. The van der Waals surface area contributed by atoms with Gasteiger partial charge in [-0.05, 0) is 62.2 Å². The smallest absolute Gasteiger partial charge is 0.151 e. The molecule has 0 spiro atoms. The molecule has 0 saturated carbocycles. The largest absolute Gasteiger partial charge is 0.298 e. The first-order valence-electron chi connectivity index (χ1n) is 5.28. The molecule has 6 heteroatoms. The summed E-state index contributed by atoms with van der Waals surface area (Å²) < 4.78 is 2.18. The summed E-state index contributed by atoms with van der Waals surface area (Å²) in [7, 11) is 0. The molecular formula is C13H6Br2OS3. The Morgan fingerprint density at radius 1 is 0.842 bits per heavy atom. The summed E-state index contributed by atoms with van der Waals surface area (Å²) >= 11 is 11.9. The van der Waals surface area contributed by atoms with E-state index < -0.39 is 0 Å². The van der Waals surface area contributed by atoms with Crippen LogP contribution in [0.4, 0.5) is 0 Å². The molecule has 0 aliphatic heterocycles. The number of rotatable bonds is 3. The second-order valence-electron chi connectivity index (χ2n) is 3.72. The molecule has 0 radical (unpaired) electrons. The topological polar surface area (TPSA) is 17.1 Å². The molecule has 0 amide bonds. The van der Waals surface area contributed by atoms with E-state index in [1.165, 1.54) is 4.88 Å². The number of aldehydes is 1. The van der Waals surface area contributed by atoms with Crippen LogP contribution in [-0.4, -0.2) is 6.29 Å². The Labute approximate surface area is 139 Å². The van der Waals surface area contributed by atoms with Crippen LogP contribution in [0.15, 0.2) is 37.9 Å². The van der Waals surface area contributed by atoms with E-state index in [-0.39, 0.29) is 0 Å². The molecule has 0 aromatic carbocycles. The zero-order chi connectivity index (χ0) is 13.4. The maximum Gasteiger partial charge on any atom is 0.151 e. The van der Waals surface area contributed by atoms with Crippen molar-refractivity contribution in [2.75, 3.05) is 0 Å². The molecule has 3 rings (SSSR count). The lowest BCUT2D eigenvalue weighted by molar-refractivity contribution is 0.112. The van der Waals surface area contributed by atoms with Crippen LogP contribution >= 0.6 is 65.9 Å². The van der Waals surface area contributed by atoms with Crippen LogP contribution in [-0.2, 0) is 0 Å². The van der Waals surface area contributed by atoms with Gasteiger partial charge in [0.05, 0.1) is 12.4 Å². The number of carbonyl (C=O) groups excluding carboxylic acids is 1. The molecule has 0 aliphatic carbocycles. The average Bonchev–Trinajstić information content (AvgIpc) is 3.07. The normalized spacial score (nSPS) is 10.8. The van der Waals surface area contributed by atoms with Crippen molar-refractivity contribution >= 4 is 72.2 Å². The zero-order valence-electron chi connectivity index (χ0n) is 9.35. The van der Waals surface area contributed by atoms with E-state index in [0.717, 1.165) is 34.1 Å². The van der Waals surface area contributed by atoms with Crippen LogP contribution in [0.2, 0.25) is 0 Å². The summed E-state index contributed by atoms with van der Waals surface area (Å²) in [5.41, 5.74) is 0.763. The second kappa shape index (κ2) is 5.61. The predicted octanol–water partition coefficient (Wildman–Crippen LogP) is 6.54. The van der Waals surface area contributed by atoms with Crippen molar-refractivity contribution in [3.05, 3.63) is 43.5 Å². The molecule has 0 aliphatic rings. The van der Waals surface area contributed by atoms with Gasteiger partial charge in [-0.15, -0.1) is 34.0 Å². The summed E-state index contributed by atoms with van der Waals surface area (Å²) in [5, 5.41) is 0. The SMILES string of the molecule is O=Cc1cc(-c2ccc(Br)s2)sc1-c1ccc(Br)s1. The molecule has 0 fully saturated rings. The highest BCUT2D eigenvalue weighted by Crippen LogP contribution is 2.43. The van der Waals surface area contributed by atoms with Gasteiger partial charge in [0.2, 0.25) is 0 Å². The maximum atomic E-state index is 11.3. The van der Waals surface area contributed by atoms with Crippen molar-refractivity contribution in [2.45, 2.75) is 0 Å². The lowest BCUT2D eigenvalue weighted by Gasteiger charge is -1.92. The van der Waals surface area contributed by atoms with Gasteiger partial charge in [-0.3, -0.25) is 4.79 Å². The standard InChI is InChI=1S/C13H6Br2OS3/c14-11-3-1-8(17-11)10-5-7(6-16)13(19-10)9-2-4-12(15)18-9/h1-6H. The lowest BCUT2D eigenvalue weighted by Crippen LogP contribution is -1.75. The van der Waals surface area contributed by atoms with E-state index in [1.54, 1.807) is 34.0 Å². The average molecular weight is 434 g/mol. The first kappa shape index (κ1) is 13.7. The van der Waals surface area contributed by atoms with E-state index in [0.29, 0.717) is 0 Å². The van der Waals surface area contributed by atoms with Crippen molar-refractivity contribution in [3.63, 3.8) is 0 Å². The molecule has 96 valence electrons. The van der Waals surface area contributed by atoms with Crippen molar-refractivity contribution in [1.29, 1.82) is 0 Å². The summed E-state index contributed by atoms with van der Waals surface area (Å²) in [6.07, 6.45) is 0.936. The minimum atomic E-state index is 0.763. The molecule has 0 bridgehead atoms. The highest BCUT2D eigenvalue weighted by Gasteiger charge is 2.14. The van der Waals surface area contributed by atoms with Crippen molar-refractivity contribution in [3.8, 4) is 19.5 Å². The first-order chi connectivity index (χ1) is 9.17.